The number of carbonyl (C=O) groups is 1. The highest BCUT2D eigenvalue weighted by molar-refractivity contribution is 6.01. The van der Waals surface area contributed by atoms with Gasteiger partial charge in [0.25, 0.3) is 0 Å². The van der Waals surface area contributed by atoms with E-state index in [1.165, 1.54) is 25.0 Å². The summed E-state index contributed by atoms with van der Waals surface area (Å²) in [4.78, 5) is 12.3. The molecule has 0 aliphatic heterocycles. The summed E-state index contributed by atoms with van der Waals surface area (Å²) in [6, 6.07) is 6.61. The van der Waals surface area contributed by atoms with Crippen LogP contribution in [0.25, 0.3) is 6.08 Å². The van der Waals surface area contributed by atoms with Gasteiger partial charge in [0.15, 0.2) is 11.5 Å². The average molecular weight is 391 g/mol. The molecule has 1 saturated carbocycles. The highest BCUT2D eigenvalue weighted by Gasteiger charge is 2.20. The van der Waals surface area contributed by atoms with E-state index in [2.05, 4.69) is 15.2 Å². The van der Waals surface area contributed by atoms with Crippen molar-refractivity contribution in [3.8, 4) is 11.5 Å². The number of hydrogen-bond donors (Lipinski definition) is 1. The molecular formula is C20H23F2N3O3. The summed E-state index contributed by atoms with van der Waals surface area (Å²) in [5.41, 5.74) is 0.629. The Morgan fingerprint density at radius 3 is 2.82 bits per heavy atom. The highest BCUT2D eigenvalue weighted by atomic mass is 19.3. The van der Waals surface area contributed by atoms with Gasteiger partial charge in [0.05, 0.1) is 18.8 Å². The first-order chi connectivity index (χ1) is 13.6. The summed E-state index contributed by atoms with van der Waals surface area (Å²) in [5, 5.41) is 7.16. The van der Waals surface area contributed by atoms with Crippen molar-refractivity contribution < 1.29 is 23.0 Å². The maximum Gasteiger partial charge on any atom is 0.387 e. The Kier molecular flexibility index (Phi) is 6.62. The van der Waals surface area contributed by atoms with Crippen LogP contribution in [-0.2, 0) is 4.79 Å². The van der Waals surface area contributed by atoms with Crippen molar-refractivity contribution in [1.29, 1.82) is 0 Å². The second-order valence-electron chi connectivity index (χ2n) is 6.44. The van der Waals surface area contributed by atoms with Gasteiger partial charge in [-0.25, -0.2) is 4.68 Å². The van der Waals surface area contributed by atoms with E-state index in [0.29, 0.717) is 24.0 Å². The molecule has 0 bridgehead atoms. The van der Waals surface area contributed by atoms with Gasteiger partial charge < -0.3 is 14.8 Å². The van der Waals surface area contributed by atoms with Crippen molar-refractivity contribution in [2.24, 2.45) is 0 Å². The molecule has 0 radical (unpaired) electrons. The predicted octanol–water partition coefficient (Wildman–Crippen LogP) is 4.65. The first-order valence-corrected chi connectivity index (χ1v) is 9.31. The van der Waals surface area contributed by atoms with Crippen LogP contribution in [0.1, 0.15) is 44.2 Å². The molecule has 3 rings (SSSR count). The van der Waals surface area contributed by atoms with E-state index in [4.69, 9.17) is 4.74 Å². The van der Waals surface area contributed by atoms with Crippen molar-refractivity contribution in [3.63, 3.8) is 0 Å². The Morgan fingerprint density at radius 1 is 1.32 bits per heavy atom. The number of benzene rings is 1. The summed E-state index contributed by atoms with van der Waals surface area (Å²) >= 11 is 0. The van der Waals surface area contributed by atoms with Gasteiger partial charge in [-0.3, -0.25) is 4.79 Å². The van der Waals surface area contributed by atoms with E-state index in [0.717, 1.165) is 12.8 Å². The topological polar surface area (TPSA) is 65.4 Å². The lowest BCUT2D eigenvalue weighted by molar-refractivity contribution is -0.111. The average Bonchev–Trinajstić information content (AvgIpc) is 3.33. The highest BCUT2D eigenvalue weighted by Crippen LogP contribution is 2.32. The molecule has 1 aromatic carbocycles. The van der Waals surface area contributed by atoms with Gasteiger partial charge in [0, 0.05) is 12.1 Å². The molecule has 1 fully saturated rings. The lowest BCUT2D eigenvalue weighted by atomic mass is 10.2. The summed E-state index contributed by atoms with van der Waals surface area (Å²) < 4.78 is 36.6. The molecule has 1 heterocycles. The molecule has 1 amide bonds. The molecule has 8 heteroatoms. The predicted molar refractivity (Wildman–Crippen MR) is 102 cm³/mol. The fourth-order valence-corrected chi connectivity index (χ4v) is 3.28. The summed E-state index contributed by atoms with van der Waals surface area (Å²) in [7, 11) is 0. The molecule has 1 aliphatic rings. The SMILES string of the molecule is CCOc1cc(/C=C\C(=O)Nc2ccnn2C2CCCC2)ccc1OC(F)F. The third-order valence-electron chi connectivity index (χ3n) is 4.50. The number of aromatic nitrogens is 2. The number of alkyl halides is 2. The summed E-state index contributed by atoms with van der Waals surface area (Å²) in [6.45, 7) is -0.885. The standard InChI is InChI=1S/C20H23F2N3O3/c1-2-27-17-13-14(7-9-16(17)28-20(21)22)8-10-19(26)24-18-11-12-23-25(18)15-5-3-4-6-15/h7-13,15,20H,2-6H2,1H3,(H,24,26)/b10-8-. The third kappa shape index (κ3) is 5.09. The van der Waals surface area contributed by atoms with Gasteiger partial charge in [0.2, 0.25) is 5.91 Å². The van der Waals surface area contributed by atoms with Gasteiger partial charge in [0.1, 0.15) is 5.82 Å². The first kappa shape index (κ1) is 19.9. The molecule has 1 N–H and O–H groups in total. The van der Waals surface area contributed by atoms with Gasteiger partial charge in [-0.15, -0.1) is 0 Å². The van der Waals surface area contributed by atoms with Crippen LogP contribution in [0.15, 0.2) is 36.5 Å². The lowest BCUT2D eigenvalue weighted by Gasteiger charge is -2.14. The van der Waals surface area contributed by atoms with Crippen LogP contribution < -0.4 is 14.8 Å². The van der Waals surface area contributed by atoms with E-state index in [9.17, 15) is 13.6 Å². The fraction of sp³-hybridized carbons (Fsp3) is 0.400. The minimum Gasteiger partial charge on any atom is -0.490 e. The monoisotopic (exact) mass is 391 g/mol. The molecule has 1 aliphatic carbocycles. The number of nitrogens with zero attached hydrogens (tertiary/aromatic N) is 2. The van der Waals surface area contributed by atoms with Gasteiger partial charge in [-0.1, -0.05) is 18.9 Å². The number of amides is 1. The minimum absolute atomic E-state index is 0.0427. The van der Waals surface area contributed by atoms with Crippen LogP contribution in [0.4, 0.5) is 14.6 Å². The second-order valence-corrected chi connectivity index (χ2v) is 6.44. The van der Waals surface area contributed by atoms with Crippen molar-refractivity contribution in [2.45, 2.75) is 45.3 Å². The number of rotatable bonds is 8. The molecular weight excluding hydrogens is 368 g/mol. The maximum atomic E-state index is 12.5. The molecule has 150 valence electrons. The Hall–Kier alpha value is -2.90. The number of carbonyl (C=O) groups excluding carboxylic acids is 1. The molecule has 0 spiro atoms. The third-order valence-corrected chi connectivity index (χ3v) is 4.50. The Balaban J connectivity index is 1.67. The van der Waals surface area contributed by atoms with E-state index in [1.54, 1.807) is 37.4 Å². The van der Waals surface area contributed by atoms with Crippen molar-refractivity contribution in [2.75, 3.05) is 11.9 Å². The molecule has 1 aromatic heterocycles. The Labute approximate surface area is 162 Å². The molecule has 0 atom stereocenters. The van der Waals surface area contributed by atoms with Crippen LogP contribution in [-0.4, -0.2) is 28.9 Å². The Morgan fingerprint density at radius 2 is 2.11 bits per heavy atom. The summed E-state index contributed by atoms with van der Waals surface area (Å²) in [5.74, 6) is 0.520. The van der Waals surface area contributed by atoms with Crippen LogP contribution in [0.5, 0.6) is 11.5 Å². The van der Waals surface area contributed by atoms with Gasteiger partial charge >= 0.3 is 6.61 Å². The van der Waals surface area contributed by atoms with Crippen LogP contribution in [0.2, 0.25) is 0 Å². The molecule has 6 nitrogen and oxygen atoms in total. The zero-order chi connectivity index (χ0) is 19.9. The number of halogens is 2. The van der Waals surface area contributed by atoms with E-state index >= 15 is 0 Å². The number of ether oxygens (including phenoxy) is 2. The maximum absolute atomic E-state index is 12.5. The first-order valence-electron chi connectivity index (χ1n) is 9.31. The fourth-order valence-electron chi connectivity index (χ4n) is 3.28. The minimum atomic E-state index is -2.93. The number of nitrogens with one attached hydrogen (secondary N) is 1. The number of anilines is 1. The van der Waals surface area contributed by atoms with Crippen LogP contribution in [0.3, 0.4) is 0 Å². The smallest absolute Gasteiger partial charge is 0.387 e. The Bertz CT molecular complexity index is 830. The zero-order valence-electron chi connectivity index (χ0n) is 15.6. The summed E-state index contributed by atoms with van der Waals surface area (Å²) in [6.07, 6.45) is 9.11. The number of hydrogen-bond acceptors (Lipinski definition) is 4. The van der Waals surface area contributed by atoms with Gasteiger partial charge in [-0.2, -0.15) is 13.9 Å². The van der Waals surface area contributed by atoms with Crippen LogP contribution in [0, 0.1) is 0 Å². The lowest BCUT2D eigenvalue weighted by Crippen LogP contribution is -2.15. The second kappa shape index (κ2) is 9.34. The van der Waals surface area contributed by atoms with Crippen LogP contribution >= 0.6 is 0 Å². The van der Waals surface area contributed by atoms with Crippen molar-refractivity contribution in [3.05, 3.63) is 42.1 Å². The zero-order valence-corrected chi connectivity index (χ0v) is 15.6. The quantitative estimate of drug-likeness (QED) is 0.665. The van der Waals surface area contributed by atoms with E-state index in [-0.39, 0.29) is 17.4 Å². The van der Waals surface area contributed by atoms with Gasteiger partial charge in [-0.05, 0) is 43.5 Å². The molecule has 2 aromatic rings. The largest absolute Gasteiger partial charge is 0.490 e. The molecule has 0 unspecified atom stereocenters. The van der Waals surface area contributed by atoms with Crippen molar-refractivity contribution in [1.82, 2.24) is 9.78 Å². The normalized spacial score (nSPS) is 14.7. The van der Waals surface area contributed by atoms with E-state index < -0.39 is 6.61 Å². The van der Waals surface area contributed by atoms with E-state index in [1.807, 2.05) is 4.68 Å². The molecule has 0 saturated heterocycles. The van der Waals surface area contributed by atoms with Crippen molar-refractivity contribution >= 4 is 17.8 Å². The molecule has 28 heavy (non-hydrogen) atoms.